The third-order valence-electron chi connectivity index (χ3n) is 5.40. The summed E-state index contributed by atoms with van der Waals surface area (Å²) in [6.45, 7) is 1.87. The zero-order valence-corrected chi connectivity index (χ0v) is 20.7. The number of nitrogens with one attached hydrogen (secondary N) is 1. The van der Waals surface area contributed by atoms with Gasteiger partial charge >= 0.3 is 0 Å². The molecule has 2 aromatic carbocycles. The molecule has 178 valence electrons. The largest absolute Gasteiger partial charge is 0.493 e. The van der Waals surface area contributed by atoms with Crippen LogP contribution in [0.25, 0.3) is 0 Å². The highest BCUT2D eigenvalue weighted by molar-refractivity contribution is 7.90. The molecule has 10 heteroatoms. The predicted molar refractivity (Wildman–Crippen MR) is 130 cm³/mol. The molecule has 0 atom stereocenters. The smallest absolute Gasteiger partial charge is 0.245 e. The summed E-state index contributed by atoms with van der Waals surface area (Å²) >= 11 is 5.55. The molecule has 0 unspecified atom stereocenters. The number of hydrazine groups is 1. The van der Waals surface area contributed by atoms with Gasteiger partial charge in [0, 0.05) is 25.9 Å². The van der Waals surface area contributed by atoms with Crippen molar-refractivity contribution in [1.29, 1.82) is 0 Å². The molecule has 1 heterocycles. The number of thiocarbonyl (C=S) groups is 1. The number of hydrogen-bond acceptors (Lipinski definition) is 6. The number of carbonyl (C=O) groups excluding carboxylic acids is 1. The molecule has 8 nitrogen and oxygen atoms in total. The number of ether oxygens (including phenoxy) is 2. The Morgan fingerprint density at radius 3 is 2.27 bits per heavy atom. The van der Waals surface area contributed by atoms with E-state index < -0.39 is 9.84 Å². The van der Waals surface area contributed by atoms with Crippen molar-refractivity contribution in [2.24, 2.45) is 0 Å². The van der Waals surface area contributed by atoms with Gasteiger partial charge in [-0.15, -0.1) is 0 Å². The van der Waals surface area contributed by atoms with E-state index in [9.17, 15) is 13.2 Å². The minimum Gasteiger partial charge on any atom is -0.493 e. The summed E-state index contributed by atoms with van der Waals surface area (Å²) in [5.41, 5.74) is 1.83. The lowest BCUT2D eigenvalue weighted by Gasteiger charge is -2.30. The van der Waals surface area contributed by atoms with Crippen LogP contribution in [0.5, 0.6) is 11.5 Å². The third-order valence-corrected chi connectivity index (χ3v) is 6.88. The maximum atomic E-state index is 12.9. The lowest BCUT2D eigenvalue weighted by atomic mass is 10.1. The van der Waals surface area contributed by atoms with Crippen molar-refractivity contribution in [3.8, 4) is 11.5 Å². The van der Waals surface area contributed by atoms with E-state index in [2.05, 4.69) is 5.32 Å². The Morgan fingerprint density at radius 1 is 1.00 bits per heavy atom. The predicted octanol–water partition coefficient (Wildman–Crippen LogP) is 2.22. The van der Waals surface area contributed by atoms with E-state index in [4.69, 9.17) is 21.7 Å². The molecule has 33 heavy (non-hydrogen) atoms. The number of sulfone groups is 1. The summed E-state index contributed by atoms with van der Waals surface area (Å²) in [5, 5.41) is 7.21. The Morgan fingerprint density at radius 2 is 1.64 bits per heavy atom. The zero-order valence-electron chi connectivity index (χ0n) is 19.0. The van der Waals surface area contributed by atoms with Gasteiger partial charge in [-0.1, -0.05) is 18.2 Å². The molecule has 1 aliphatic rings. The van der Waals surface area contributed by atoms with Gasteiger partial charge in [0.05, 0.1) is 25.5 Å². The van der Waals surface area contributed by atoms with Crippen LogP contribution in [0.15, 0.2) is 47.4 Å². The molecular weight excluding hydrogens is 462 g/mol. The first-order valence-electron chi connectivity index (χ1n) is 10.6. The topological polar surface area (TPSA) is 88.2 Å². The van der Waals surface area contributed by atoms with E-state index in [0.29, 0.717) is 36.2 Å². The summed E-state index contributed by atoms with van der Waals surface area (Å²) in [5.74, 6) is 1.28. The Bertz CT molecular complexity index is 1100. The summed E-state index contributed by atoms with van der Waals surface area (Å²) in [6.07, 6.45) is 2.90. The minimum atomic E-state index is -3.26. The van der Waals surface area contributed by atoms with Gasteiger partial charge in [0.1, 0.15) is 0 Å². The summed E-state index contributed by atoms with van der Waals surface area (Å²) in [4.78, 5) is 13.1. The van der Waals surface area contributed by atoms with Crippen molar-refractivity contribution in [2.45, 2.75) is 24.2 Å². The SMILES string of the molecule is COc1ccc(CCNC(=S)N2CCCN2C(=O)Cc2ccc(S(C)(=O)=O)cc2)cc1OC. The van der Waals surface area contributed by atoms with Gasteiger partial charge in [-0.25, -0.2) is 8.42 Å². The van der Waals surface area contributed by atoms with E-state index in [1.54, 1.807) is 36.4 Å². The highest BCUT2D eigenvalue weighted by Gasteiger charge is 2.28. The molecule has 0 radical (unpaired) electrons. The van der Waals surface area contributed by atoms with Crippen molar-refractivity contribution >= 4 is 33.1 Å². The number of rotatable bonds is 8. The average Bonchev–Trinajstić information content (AvgIpc) is 3.29. The molecule has 1 N–H and O–H groups in total. The summed E-state index contributed by atoms with van der Waals surface area (Å²) in [7, 11) is -0.0549. The monoisotopic (exact) mass is 491 g/mol. The Hall–Kier alpha value is -2.85. The first-order valence-corrected chi connectivity index (χ1v) is 12.9. The lowest BCUT2D eigenvalue weighted by molar-refractivity contribution is -0.138. The van der Waals surface area contributed by atoms with Gasteiger partial charge in [-0.2, -0.15) is 0 Å². The Labute approximate surface area is 200 Å². The summed E-state index contributed by atoms with van der Waals surface area (Å²) in [6, 6.07) is 12.2. The lowest BCUT2D eigenvalue weighted by Crippen LogP contribution is -2.49. The van der Waals surface area contributed by atoms with Crippen LogP contribution in [0.2, 0.25) is 0 Å². The van der Waals surface area contributed by atoms with Crippen LogP contribution in [0.3, 0.4) is 0 Å². The molecule has 2 aromatic rings. The maximum absolute atomic E-state index is 12.9. The molecule has 0 bridgehead atoms. The first kappa shape index (κ1) is 24.8. The standard InChI is InChI=1S/C23H29N3O5S2/c1-30-20-10-7-18(15-21(20)31-2)11-12-24-23(32)26-14-4-13-25(26)22(27)16-17-5-8-19(9-6-17)33(3,28)29/h5-10,15H,4,11-14,16H2,1-3H3,(H,24,32). The second-order valence-electron chi connectivity index (χ2n) is 7.76. The second kappa shape index (κ2) is 10.8. The van der Waals surface area contributed by atoms with E-state index in [-0.39, 0.29) is 17.2 Å². The zero-order chi connectivity index (χ0) is 24.0. The Kier molecular flexibility index (Phi) is 8.15. The van der Waals surface area contributed by atoms with Crippen LogP contribution in [0.1, 0.15) is 17.5 Å². The maximum Gasteiger partial charge on any atom is 0.245 e. The average molecular weight is 492 g/mol. The normalized spacial score (nSPS) is 13.7. The molecule has 1 saturated heterocycles. The molecular formula is C23H29N3O5S2. The number of carbonyl (C=O) groups is 1. The minimum absolute atomic E-state index is 0.0800. The van der Waals surface area contributed by atoms with Crippen LogP contribution < -0.4 is 14.8 Å². The molecule has 0 spiro atoms. The second-order valence-corrected chi connectivity index (χ2v) is 10.2. The van der Waals surface area contributed by atoms with E-state index in [1.165, 1.54) is 12.1 Å². The molecule has 1 fully saturated rings. The fraction of sp³-hybridized carbons (Fsp3) is 0.391. The fourth-order valence-electron chi connectivity index (χ4n) is 3.64. The third kappa shape index (κ3) is 6.35. The van der Waals surface area contributed by atoms with Gasteiger partial charge < -0.3 is 14.8 Å². The quantitative estimate of drug-likeness (QED) is 0.563. The highest BCUT2D eigenvalue weighted by atomic mass is 32.2. The van der Waals surface area contributed by atoms with Crippen molar-refractivity contribution in [3.05, 3.63) is 53.6 Å². The van der Waals surface area contributed by atoms with Gasteiger partial charge in [-0.05, 0) is 60.5 Å². The number of hydrogen-bond donors (Lipinski definition) is 1. The van der Waals surface area contributed by atoms with Crippen LogP contribution in [0.4, 0.5) is 0 Å². The van der Waals surface area contributed by atoms with Crippen molar-refractivity contribution < 1.29 is 22.7 Å². The molecule has 0 aliphatic carbocycles. The van der Waals surface area contributed by atoms with Crippen LogP contribution in [0, 0.1) is 0 Å². The van der Waals surface area contributed by atoms with Gasteiger partial charge in [0.15, 0.2) is 26.4 Å². The van der Waals surface area contributed by atoms with E-state index in [0.717, 1.165) is 30.2 Å². The van der Waals surface area contributed by atoms with E-state index >= 15 is 0 Å². The molecule has 1 amide bonds. The van der Waals surface area contributed by atoms with Crippen molar-refractivity contribution in [1.82, 2.24) is 15.3 Å². The number of benzene rings is 2. The molecule has 3 rings (SSSR count). The number of nitrogens with zero attached hydrogens (tertiary/aromatic N) is 2. The van der Waals surface area contributed by atoms with Crippen molar-refractivity contribution in [3.63, 3.8) is 0 Å². The Balaban J connectivity index is 1.54. The van der Waals surface area contributed by atoms with Gasteiger partial charge in [-0.3, -0.25) is 14.8 Å². The van der Waals surface area contributed by atoms with E-state index in [1.807, 2.05) is 18.2 Å². The van der Waals surface area contributed by atoms with Gasteiger partial charge in [0.2, 0.25) is 5.91 Å². The molecule has 1 aliphatic heterocycles. The fourth-order valence-corrected chi connectivity index (χ4v) is 4.57. The summed E-state index contributed by atoms with van der Waals surface area (Å²) < 4.78 is 33.8. The van der Waals surface area contributed by atoms with Crippen LogP contribution >= 0.6 is 12.2 Å². The molecule has 0 saturated carbocycles. The highest BCUT2D eigenvalue weighted by Crippen LogP contribution is 2.27. The van der Waals surface area contributed by atoms with Crippen LogP contribution in [-0.2, 0) is 27.5 Å². The number of amides is 1. The first-order chi connectivity index (χ1) is 15.7. The van der Waals surface area contributed by atoms with Gasteiger partial charge in [0.25, 0.3) is 0 Å². The van der Waals surface area contributed by atoms with Crippen molar-refractivity contribution in [2.75, 3.05) is 40.1 Å². The molecule has 0 aromatic heterocycles. The van der Waals surface area contributed by atoms with Crippen LogP contribution in [-0.4, -0.2) is 69.6 Å². The number of methoxy groups -OCH3 is 2.